The Hall–Kier alpha value is -2.69. The molecule has 0 unspecified atom stereocenters. The average Bonchev–Trinajstić information content (AvgIpc) is 2.45. The maximum absolute atomic E-state index is 14.0. The van der Waals surface area contributed by atoms with E-state index in [9.17, 15) is 36.3 Å². The summed E-state index contributed by atoms with van der Waals surface area (Å²) < 4.78 is 65.8. The van der Waals surface area contributed by atoms with Crippen LogP contribution in [0.5, 0.6) is 0 Å². The highest BCUT2D eigenvalue weighted by Gasteiger charge is 2.40. The molecule has 1 N–H and O–H groups in total. The first kappa shape index (κ1) is 18.6. The fraction of sp³-hybridized carbons (Fsp3) is 0.154. The van der Waals surface area contributed by atoms with Gasteiger partial charge in [0.05, 0.1) is 16.3 Å². The number of alkyl halides is 3. The number of carbonyl (C=O) groups is 1. The van der Waals surface area contributed by atoms with E-state index < -0.39 is 57.0 Å². The van der Waals surface area contributed by atoms with Crippen LogP contribution in [0.25, 0.3) is 5.69 Å². The number of rotatable bonds is 2. The molecule has 0 bridgehead atoms. The maximum Gasteiger partial charge on any atom is 0.434 e. The van der Waals surface area contributed by atoms with Gasteiger partial charge in [-0.3, -0.25) is 9.36 Å². The summed E-state index contributed by atoms with van der Waals surface area (Å²) in [4.78, 5) is 34.9. The fourth-order valence-electron chi connectivity index (χ4n) is 2.08. The lowest BCUT2D eigenvalue weighted by Crippen LogP contribution is -2.43. The minimum absolute atomic E-state index is 0.231. The minimum Gasteiger partial charge on any atom is -0.478 e. The zero-order valence-corrected chi connectivity index (χ0v) is 12.7. The number of hydrogen-bond donors (Lipinski definition) is 1. The van der Waals surface area contributed by atoms with Crippen LogP contribution in [0.2, 0.25) is 5.02 Å². The van der Waals surface area contributed by atoms with E-state index in [1.54, 1.807) is 0 Å². The first-order chi connectivity index (χ1) is 11.4. The van der Waals surface area contributed by atoms with Crippen molar-refractivity contribution in [3.8, 4) is 5.69 Å². The van der Waals surface area contributed by atoms with Gasteiger partial charge in [0.25, 0.3) is 5.56 Å². The van der Waals surface area contributed by atoms with E-state index in [4.69, 9.17) is 16.7 Å². The second-order valence-corrected chi connectivity index (χ2v) is 5.14. The van der Waals surface area contributed by atoms with Gasteiger partial charge < -0.3 is 5.11 Å². The number of carboxylic acid groups (broad SMARTS) is 1. The van der Waals surface area contributed by atoms with Crippen LogP contribution >= 0.6 is 11.6 Å². The third-order valence-electron chi connectivity index (χ3n) is 3.19. The number of halogens is 6. The molecule has 12 heteroatoms. The molecule has 0 aliphatic heterocycles. The van der Waals surface area contributed by atoms with Gasteiger partial charge in [0.1, 0.15) is 5.82 Å². The quantitative estimate of drug-likeness (QED) is 0.805. The lowest BCUT2D eigenvalue weighted by atomic mass is 10.2. The van der Waals surface area contributed by atoms with E-state index in [0.29, 0.717) is 19.2 Å². The second kappa shape index (κ2) is 5.99. The molecule has 2 rings (SSSR count). The molecule has 0 aliphatic rings. The maximum atomic E-state index is 14.0. The Labute approximate surface area is 139 Å². The second-order valence-electron chi connectivity index (χ2n) is 4.73. The zero-order chi connectivity index (χ0) is 19.3. The van der Waals surface area contributed by atoms with E-state index in [-0.39, 0.29) is 9.13 Å². The van der Waals surface area contributed by atoms with Gasteiger partial charge in [-0.25, -0.2) is 18.5 Å². The van der Waals surface area contributed by atoms with Crippen LogP contribution in [-0.4, -0.2) is 20.2 Å². The third kappa shape index (κ3) is 3.02. The van der Waals surface area contributed by atoms with Crippen LogP contribution in [0.4, 0.5) is 22.0 Å². The van der Waals surface area contributed by atoms with Gasteiger partial charge in [-0.2, -0.15) is 17.6 Å². The molecule has 1 aromatic heterocycles. The molecule has 0 saturated heterocycles. The predicted octanol–water partition coefficient (Wildman–Crippen LogP) is 2.18. The Morgan fingerprint density at radius 3 is 2.24 bits per heavy atom. The van der Waals surface area contributed by atoms with Crippen LogP contribution in [0.15, 0.2) is 21.7 Å². The molecule has 2 aromatic rings. The molecule has 0 saturated carbocycles. The smallest absolute Gasteiger partial charge is 0.434 e. The Balaban J connectivity index is 2.97. The highest BCUT2D eigenvalue weighted by atomic mass is 35.5. The zero-order valence-electron chi connectivity index (χ0n) is 12.0. The summed E-state index contributed by atoms with van der Waals surface area (Å²) in [6, 6.07) is 0.872. The van der Waals surface area contributed by atoms with Gasteiger partial charge in [0, 0.05) is 7.05 Å². The third-order valence-corrected chi connectivity index (χ3v) is 3.50. The molecule has 0 aliphatic carbocycles. The standard InChI is InChI=1S/C13H6ClF5N2O4/c1-20-9(13(17,18)19)8(16)10(22)21(12(20)25)7-2-4(11(23)24)5(14)3-6(7)15/h2-3H,1H3,(H,23,24). The molecular formula is C13H6ClF5N2O4. The normalized spacial score (nSPS) is 11.6. The molecule has 6 nitrogen and oxygen atoms in total. The topological polar surface area (TPSA) is 81.3 Å². The fourth-order valence-corrected chi connectivity index (χ4v) is 2.31. The van der Waals surface area contributed by atoms with Crippen LogP contribution in [-0.2, 0) is 13.2 Å². The van der Waals surface area contributed by atoms with E-state index in [2.05, 4.69) is 0 Å². The number of aromatic nitrogens is 2. The number of benzene rings is 1. The summed E-state index contributed by atoms with van der Waals surface area (Å²) >= 11 is 5.50. The summed E-state index contributed by atoms with van der Waals surface area (Å²) in [5.41, 5.74) is -7.76. The number of carboxylic acids is 1. The number of aromatic carboxylic acids is 1. The van der Waals surface area contributed by atoms with Crippen LogP contribution < -0.4 is 11.2 Å². The molecule has 0 amide bonds. The van der Waals surface area contributed by atoms with Gasteiger partial charge in [-0.1, -0.05) is 11.6 Å². The van der Waals surface area contributed by atoms with Crippen molar-refractivity contribution in [2.75, 3.05) is 0 Å². The largest absolute Gasteiger partial charge is 0.478 e. The predicted molar refractivity (Wildman–Crippen MR) is 74.2 cm³/mol. The monoisotopic (exact) mass is 384 g/mol. The van der Waals surface area contributed by atoms with E-state index >= 15 is 0 Å². The molecule has 1 heterocycles. The van der Waals surface area contributed by atoms with Crippen LogP contribution in [0, 0.1) is 11.6 Å². The Morgan fingerprint density at radius 2 is 1.76 bits per heavy atom. The van der Waals surface area contributed by atoms with Crippen molar-refractivity contribution in [3.63, 3.8) is 0 Å². The Bertz CT molecular complexity index is 972. The number of hydrogen-bond acceptors (Lipinski definition) is 3. The van der Waals surface area contributed by atoms with E-state index in [1.807, 2.05) is 0 Å². The molecule has 0 fully saturated rings. The van der Waals surface area contributed by atoms with Crippen molar-refractivity contribution in [2.24, 2.45) is 7.05 Å². The van der Waals surface area contributed by atoms with Gasteiger partial charge in [0.2, 0.25) is 5.82 Å². The highest BCUT2D eigenvalue weighted by Crippen LogP contribution is 2.29. The molecule has 134 valence electrons. The summed E-state index contributed by atoms with van der Waals surface area (Å²) in [5, 5.41) is 8.33. The lowest BCUT2D eigenvalue weighted by Gasteiger charge is -2.15. The molecule has 25 heavy (non-hydrogen) atoms. The summed E-state index contributed by atoms with van der Waals surface area (Å²) in [7, 11) is 0.524. The highest BCUT2D eigenvalue weighted by molar-refractivity contribution is 6.33. The molecular weight excluding hydrogens is 379 g/mol. The summed E-state index contributed by atoms with van der Waals surface area (Å²) in [6.07, 6.45) is -5.36. The minimum atomic E-state index is -5.36. The van der Waals surface area contributed by atoms with Crippen molar-refractivity contribution in [1.29, 1.82) is 0 Å². The molecule has 0 radical (unpaired) electrons. The first-order valence-corrected chi connectivity index (χ1v) is 6.57. The number of nitrogens with zero attached hydrogens (tertiary/aromatic N) is 2. The van der Waals surface area contributed by atoms with Crippen molar-refractivity contribution in [2.45, 2.75) is 6.18 Å². The Kier molecular flexibility index (Phi) is 4.47. The molecule has 0 atom stereocenters. The average molecular weight is 385 g/mol. The lowest BCUT2D eigenvalue weighted by molar-refractivity contribution is -0.146. The van der Waals surface area contributed by atoms with Crippen LogP contribution in [0.3, 0.4) is 0 Å². The van der Waals surface area contributed by atoms with E-state index in [0.717, 1.165) is 0 Å². The summed E-state index contributed by atoms with van der Waals surface area (Å²) in [5.74, 6) is -5.42. The van der Waals surface area contributed by atoms with Crippen molar-refractivity contribution < 1.29 is 31.9 Å². The van der Waals surface area contributed by atoms with Gasteiger partial charge >= 0.3 is 17.8 Å². The van der Waals surface area contributed by atoms with Gasteiger partial charge in [0.15, 0.2) is 5.69 Å². The van der Waals surface area contributed by atoms with Gasteiger partial charge in [-0.15, -0.1) is 0 Å². The van der Waals surface area contributed by atoms with Crippen LogP contribution in [0.1, 0.15) is 16.1 Å². The van der Waals surface area contributed by atoms with Crippen molar-refractivity contribution >= 4 is 17.6 Å². The van der Waals surface area contributed by atoms with Crippen molar-refractivity contribution in [1.82, 2.24) is 9.13 Å². The van der Waals surface area contributed by atoms with Gasteiger partial charge in [-0.05, 0) is 12.1 Å². The van der Waals surface area contributed by atoms with Crippen molar-refractivity contribution in [3.05, 3.63) is 60.9 Å². The SMILES string of the molecule is Cn1c(C(F)(F)F)c(F)c(=O)n(-c2cc(C(=O)O)c(Cl)cc2F)c1=O. The Morgan fingerprint density at radius 1 is 1.20 bits per heavy atom. The molecule has 0 spiro atoms. The van der Waals surface area contributed by atoms with E-state index in [1.165, 1.54) is 0 Å². The molecule has 1 aromatic carbocycles. The summed E-state index contributed by atoms with van der Waals surface area (Å²) in [6.45, 7) is 0. The first-order valence-electron chi connectivity index (χ1n) is 6.19.